The van der Waals surface area contributed by atoms with Crippen LogP contribution in [0, 0.1) is 0 Å². The number of rotatable bonds is 3. The summed E-state index contributed by atoms with van der Waals surface area (Å²) >= 11 is 0. The van der Waals surface area contributed by atoms with E-state index in [1.165, 1.54) is 7.11 Å². The van der Waals surface area contributed by atoms with Gasteiger partial charge in [-0.25, -0.2) is 13.2 Å². The summed E-state index contributed by atoms with van der Waals surface area (Å²) in [5.74, 6) is -0.0331. The number of hydrogen-bond acceptors (Lipinski definition) is 5. The molecular weight excluding hydrogens is 254 g/mol. The molecule has 1 atom stereocenters. The topological polar surface area (TPSA) is 72.5 Å². The fraction of sp³-hybridized carbons (Fsp3) is 0.417. The van der Waals surface area contributed by atoms with Gasteiger partial charge in [0.25, 0.3) is 0 Å². The highest BCUT2D eigenvalue weighted by Gasteiger charge is 2.27. The summed E-state index contributed by atoms with van der Waals surface area (Å²) in [5, 5.41) is 3.13. The number of ether oxygens (including phenoxy) is 1. The molecule has 6 heteroatoms. The third kappa shape index (κ3) is 3.01. The summed E-state index contributed by atoms with van der Waals surface area (Å²) < 4.78 is 27.3. The van der Waals surface area contributed by atoms with Crippen LogP contribution in [-0.2, 0) is 14.6 Å². The number of methoxy groups -OCH3 is 1. The van der Waals surface area contributed by atoms with Gasteiger partial charge in [0.15, 0.2) is 9.84 Å². The maximum Gasteiger partial charge on any atom is 0.337 e. The van der Waals surface area contributed by atoms with Crippen molar-refractivity contribution in [3.63, 3.8) is 0 Å². The van der Waals surface area contributed by atoms with E-state index in [0.717, 1.165) is 5.69 Å². The molecule has 1 saturated heterocycles. The smallest absolute Gasteiger partial charge is 0.337 e. The fourth-order valence-electron chi connectivity index (χ4n) is 2.00. The predicted molar refractivity (Wildman–Crippen MR) is 68.5 cm³/mol. The van der Waals surface area contributed by atoms with Crippen molar-refractivity contribution in [2.45, 2.75) is 12.5 Å². The number of carbonyl (C=O) groups excluding carboxylic acids is 1. The molecule has 1 N–H and O–H groups in total. The van der Waals surface area contributed by atoms with E-state index in [2.05, 4.69) is 10.1 Å². The van der Waals surface area contributed by atoms with E-state index < -0.39 is 15.8 Å². The van der Waals surface area contributed by atoms with Gasteiger partial charge in [0.2, 0.25) is 0 Å². The molecule has 1 aliphatic heterocycles. The van der Waals surface area contributed by atoms with Crippen molar-refractivity contribution in [1.29, 1.82) is 0 Å². The van der Waals surface area contributed by atoms with E-state index in [1.54, 1.807) is 24.3 Å². The molecule has 2 rings (SSSR count). The van der Waals surface area contributed by atoms with E-state index >= 15 is 0 Å². The normalized spacial score (nSPS) is 21.5. The van der Waals surface area contributed by atoms with Crippen LogP contribution < -0.4 is 5.32 Å². The molecule has 1 aliphatic rings. The molecule has 0 spiro atoms. The van der Waals surface area contributed by atoms with E-state index in [1.807, 2.05) is 0 Å². The molecule has 0 amide bonds. The molecule has 1 unspecified atom stereocenters. The van der Waals surface area contributed by atoms with E-state index in [9.17, 15) is 13.2 Å². The van der Waals surface area contributed by atoms with Crippen molar-refractivity contribution < 1.29 is 17.9 Å². The standard InChI is InChI=1S/C12H15NO4S/c1-17-12(14)9-3-2-4-10(7-9)13-11-5-6-18(15,16)8-11/h2-4,7,11,13H,5-6,8H2,1H3. The Labute approximate surface area is 106 Å². The molecule has 0 radical (unpaired) electrons. The number of carbonyl (C=O) groups is 1. The van der Waals surface area contributed by atoms with Gasteiger partial charge in [-0.3, -0.25) is 0 Å². The number of nitrogens with one attached hydrogen (secondary N) is 1. The molecule has 5 nitrogen and oxygen atoms in total. The minimum atomic E-state index is -2.90. The van der Waals surface area contributed by atoms with Crippen molar-refractivity contribution in [1.82, 2.24) is 0 Å². The Balaban J connectivity index is 2.08. The molecule has 0 saturated carbocycles. The highest BCUT2D eigenvalue weighted by Crippen LogP contribution is 2.18. The Bertz CT molecular complexity index is 553. The highest BCUT2D eigenvalue weighted by atomic mass is 32.2. The van der Waals surface area contributed by atoms with Gasteiger partial charge in [-0.15, -0.1) is 0 Å². The molecule has 1 aromatic carbocycles. The first-order valence-electron chi connectivity index (χ1n) is 5.65. The van der Waals surface area contributed by atoms with Crippen LogP contribution in [-0.4, -0.2) is 39.0 Å². The summed E-state index contributed by atoms with van der Waals surface area (Å²) in [7, 11) is -1.58. The van der Waals surface area contributed by atoms with Gasteiger partial charge in [-0.2, -0.15) is 0 Å². The van der Waals surface area contributed by atoms with Crippen LogP contribution in [0.4, 0.5) is 5.69 Å². The first kappa shape index (κ1) is 12.9. The zero-order chi connectivity index (χ0) is 13.2. The zero-order valence-corrected chi connectivity index (χ0v) is 10.9. The van der Waals surface area contributed by atoms with Crippen molar-refractivity contribution in [2.24, 2.45) is 0 Å². The Kier molecular flexibility index (Phi) is 3.56. The van der Waals surface area contributed by atoms with Crippen molar-refractivity contribution >= 4 is 21.5 Å². The summed E-state index contributed by atoms with van der Waals surface area (Å²) in [6, 6.07) is 6.78. The summed E-state index contributed by atoms with van der Waals surface area (Å²) in [6.45, 7) is 0. The van der Waals surface area contributed by atoms with Gasteiger partial charge >= 0.3 is 5.97 Å². The minimum absolute atomic E-state index is 0.0807. The van der Waals surface area contributed by atoms with E-state index in [-0.39, 0.29) is 17.5 Å². The average molecular weight is 269 g/mol. The predicted octanol–water partition coefficient (Wildman–Crippen LogP) is 1.07. The largest absolute Gasteiger partial charge is 0.465 e. The second-order valence-electron chi connectivity index (χ2n) is 4.32. The van der Waals surface area contributed by atoms with Crippen LogP contribution in [0.1, 0.15) is 16.8 Å². The summed E-state index contributed by atoms with van der Waals surface area (Å²) in [4.78, 5) is 11.4. The highest BCUT2D eigenvalue weighted by molar-refractivity contribution is 7.91. The van der Waals surface area contributed by atoms with E-state index in [4.69, 9.17) is 0 Å². The molecule has 0 aromatic heterocycles. The average Bonchev–Trinajstić information content (AvgIpc) is 2.68. The minimum Gasteiger partial charge on any atom is -0.465 e. The summed E-state index contributed by atoms with van der Waals surface area (Å²) in [6.07, 6.45) is 0.602. The first-order valence-corrected chi connectivity index (χ1v) is 7.48. The molecular formula is C12H15NO4S. The maximum absolute atomic E-state index is 11.4. The molecule has 1 fully saturated rings. The molecule has 98 valence electrons. The van der Waals surface area contributed by atoms with Crippen LogP contribution in [0.3, 0.4) is 0 Å². The molecule has 0 aliphatic carbocycles. The van der Waals surface area contributed by atoms with Crippen LogP contribution >= 0.6 is 0 Å². The lowest BCUT2D eigenvalue weighted by Gasteiger charge is -2.12. The fourth-order valence-corrected chi connectivity index (χ4v) is 3.67. The lowest BCUT2D eigenvalue weighted by Crippen LogP contribution is -2.20. The third-order valence-corrected chi connectivity index (χ3v) is 4.65. The van der Waals surface area contributed by atoms with Gasteiger partial charge in [0.1, 0.15) is 0 Å². The monoisotopic (exact) mass is 269 g/mol. The lowest BCUT2D eigenvalue weighted by molar-refractivity contribution is 0.0601. The Morgan fingerprint density at radius 3 is 2.83 bits per heavy atom. The number of anilines is 1. The Morgan fingerprint density at radius 1 is 1.44 bits per heavy atom. The van der Waals surface area contributed by atoms with Crippen LogP contribution in [0.5, 0.6) is 0 Å². The van der Waals surface area contributed by atoms with Crippen molar-refractivity contribution in [3.05, 3.63) is 29.8 Å². The number of hydrogen-bond donors (Lipinski definition) is 1. The number of sulfone groups is 1. The summed E-state index contributed by atoms with van der Waals surface area (Å²) in [5.41, 5.74) is 1.18. The molecule has 1 heterocycles. The first-order chi connectivity index (χ1) is 8.50. The van der Waals surface area contributed by atoms with Gasteiger partial charge < -0.3 is 10.1 Å². The van der Waals surface area contributed by atoms with Crippen LogP contribution in [0.15, 0.2) is 24.3 Å². The Hall–Kier alpha value is -1.56. The van der Waals surface area contributed by atoms with Crippen LogP contribution in [0.25, 0.3) is 0 Å². The Morgan fingerprint density at radius 2 is 2.22 bits per heavy atom. The van der Waals surface area contributed by atoms with Gasteiger partial charge in [-0.1, -0.05) is 6.07 Å². The molecule has 0 bridgehead atoms. The lowest BCUT2D eigenvalue weighted by atomic mass is 10.2. The van der Waals surface area contributed by atoms with Crippen molar-refractivity contribution in [2.75, 3.05) is 23.9 Å². The van der Waals surface area contributed by atoms with E-state index in [0.29, 0.717) is 12.0 Å². The third-order valence-electron chi connectivity index (χ3n) is 2.89. The second kappa shape index (κ2) is 4.97. The molecule has 18 heavy (non-hydrogen) atoms. The maximum atomic E-state index is 11.4. The number of benzene rings is 1. The number of esters is 1. The van der Waals surface area contributed by atoms with Crippen molar-refractivity contribution in [3.8, 4) is 0 Å². The quantitative estimate of drug-likeness (QED) is 0.831. The van der Waals surface area contributed by atoms with Gasteiger partial charge in [0, 0.05) is 11.7 Å². The van der Waals surface area contributed by atoms with Crippen LogP contribution in [0.2, 0.25) is 0 Å². The van der Waals surface area contributed by atoms with Gasteiger partial charge in [0.05, 0.1) is 24.2 Å². The molecule has 1 aromatic rings. The van der Waals surface area contributed by atoms with Gasteiger partial charge in [-0.05, 0) is 24.6 Å². The SMILES string of the molecule is COC(=O)c1cccc(NC2CCS(=O)(=O)C2)c1. The zero-order valence-electron chi connectivity index (χ0n) is 10.0. The second-order valence-corrected chi connectivity index (χ2v) is 6.55.